The standard InChI is InChI=1S/C12H16N4O/c1-8(11-9(2)16-17-10(11)3)7-15-12-13-5-4-6-14-12/h4-6,8H,7H2,1-3H3,(H,13,14,15)/t8-/m1/s1. The summed E-state index contributed by atoms with van der Waals surface area (Å²) in [7, 11) is 0. The first-order valence-corrected chi connectivity index (χ1v) is 5.62. The lowest BCUT2D eigenvalue weighted by Crippen LogP contribution is -2.12. The smallest absolute Gasteiger partial charge is 0.222 e. The van der Waals surface area contributed by atoms with E-state index in [0.29, 0.717) is 11.9 Å². The van der Waals surface area contributed by atoms with Crippen LogP contribution in [0.3, 0.4) is 0 Å². The molecule has 0 radical (unpaired) electrons. The molecule has 2 rings (SSSR count). The molecule has 0 bridgehead atoms. The molecule has 2 aromatic rings. The van der Waals surface area contributed by atoms with Crippen LogP contribution in [0.15, 0.2) is 23.0 Å². The number of nitrogens with one attached hydrogen (secondary N) is 1. The molecule has 0 aliphatic rings. The molecule has 0 aliphatic carbocycles. The minimum absolute atomic E-state index is 0.310. The Hall–Kier alpha value is -1.91. The molecule has 0 unspecified atom stereocenters. The van der Waals surface area contributed by atoms with Crippen molar-refractivity contribution in [2.75, 3.05) is 11.9 Å². The van der Waals surface area contributed by atoms with Crippen LogP contribution < -0.4 is 5.32 Å². The summed E-state index contributed by atoms with van der Waals surface area (Å²) in [5.41, 5.74) is 2.11. The van der Waals surface area contributed by atoms with Crippen LogP contribution in [0.5, 0.6) is 0 Å². The van der Waals surface area contributed by atoms with Gasteiger partial charge in [-0.15, -0.1) is 0 Å². The van der Waals surface area contributed by atoms with Crippen LogP contribution in [0, 0.1) is 13.8 Å². The summed E-state index contributed by atoms with van der Waals surface area (Å²) in [4.78, 5) is 8.23. The van der Waals surface area contributed by atoms with E-state index in [2.05, 4.69) is 27.4 Å². The van der Waals surface area contributed by atoms with Crippen LogP contribution in [0.2, 0.25) is 0 Å². The highest BCUT2D eigenvalue weighted by Gasteiger charge is 2.16. The molecular formula is C12H16N4O. The molecule has 2 aromatic heterocycles. The molecule has 0 spiro atoms. The maximum Gasteiger partial charge on any atom is 0.222 e. The van der Waals surface area contributed by atoms with Gasteiger partial charge in [-0.3, -0.25) is 0 Å². The lowest BCUT2D eigenvalue weighted by Gasteiger charge is -2.12. The summed E-state index contributed by atoms with van der Waals surface area (Å²) >= 11 is 0. The molecule has 5 nitrogen and oxygen atoms in total. The van der Waals surface area contributed by atoms with Gasteiger partial charge in [0, 0.05) is 30.4 Å². The quantitative estimate of drug-likeness (QED) is 0.876. The zero-order valence-electron chi connectivity index (χ0n) is 10.3. The number of anilines is 1. The number of hydrogen-bond donors (Lipinski definition) is 1. The van der Waals surface area contributed by atoms with Crippen molar-refractivity contribution in [2.45, 2.75) is 26.7 Å². The predicted molar refractivity (Wildman–Crippen MR) is 64.9 cm³/mol. The molecule has 0 aliphatic heterocycles. The zero-order chi connectivity index (χ0) is 12.3. The topological polar surface area (TPSA) is 63.8 Å². The zero-order valence-corrected chi connectivity index (χ0v) is 10.3. The van der Waals surface area contributed by atoms with Crippen LogP contribution in [-0.4, -0.2) is 21.7 Å². The van der Waals surface area contributed by atoms with Gasteiger partial charge in [-0.2, -0.15) is 0 Å². The van der Waals surface area contributed by atoms with Crippen molar-refractivity contribution >= 4 is 5.95 Å². The Balaban J connectivity index is 2.01. The number of aryl methyl sites for hydroxylation is 2. The van der Waals surface area contributed by atoms with E-state index in [4.69, 9.17) is 4.52 Å². The first-order valence-electron chi connectivity index (χ1n) is 5.62. The summed E-state index contributed by atoms with van der Waals surface area (Å²) in [6.45, 7) is 6.78. The van der Waals surface area contributed by atoms with E-state index < -0.39 is 0 Å². The van der Waals surface area contributed by atoms with Gasteiger partial charge in [0.1, 0.15) is 5.76 Å². The van der Waals surface area contributed by atoms with Crippen molar-refractivity contribution < 1.29 is 4.52 Å². The largest absolute Gasteiger partial charge is 0.361 e. The summed E-state index contributed by atoms with van der Waals surface area (Å²) in [5, 5.41) is 7.15. The van der Waals surface area contributed by atoms with Gasteiger partial charge in [-0.25, -0.2) is 9.97 Å². The van der Waals surface area contributed by atoms with Gasteiger partial charge in [0.05, 0.1) is 5.69 Å². The first-order chi connectivity index (χ1) is 8.18. The van der Waals surface area contributed by atoms with E-state index in [-0.39, 0.29) is 0 Å². The fraction of sp³-hybridized carbons (Fsp3) is 0.417. The Morgan fingerprint density at radius 3 is 2.59 bits per heavy atom. The number of aromatic nitrogens is 3. The van der Waals surface area contributed by atoms with Crippen LogP contribution in [0.4, 0.5) is 5.95 Å². The number of nitrogens with zero attached hydrogens (tertiary/aromatic N) is 3. The van der Waals surface area contributed by atoms with Crippen LogP contribution in [-0.2, 0) is 0 Å². The minimum Gasteiger partial charge on any atom is -0.361 e. The average molecular weight is 232 g/mol. The third-order valence-electron chi connectivity index (χ3n) is 2.71. The summed E-state index contributed by atoms with van der Waals surface area (Å²) < 4.78 is 5.16. The molecule has 0 fully saturated rings. The molecule has 90 valence electrons. The highest BCUT2D eigenvalue weighted by molar-refractivity contribution is 5.29. The van der Waals surface area contributed by atoms with Crippen molar-refractivity contribution in [1.29, 1.82) is 0 Å². The Labute approximate surface area is 100 Å². The first kappa shape index (κ1) is 11.6. The molecule has 0 saturated carbocycles. The molecular weight excluding hydrogens is 216 g/mol. The number of rotatable bonds is 4. The van der Waals surface area contributed by atoms with E-state index >= 15 is 0 Å². The van der Waals surface area contributed by atoms with E-state index in [0.717, 1.165) is 23.6 Å². The molecule has 17 heavy (non-hydrogen) atoms. The van der Waals surface area contributed by atoms with Crippen molar-refractivity contribution in [1.82, 2.24) is 15.1 Å². The fourth-order valence-electron chi connectivity index (χ4n) is 1.93. The van der Waals surface area contributed by atoms with Gasteiger partial charge in [0.2, 0.25) is 5.95 Å². The van der Waals surface area contributed by atoms with Crippen LogP contribution in [0.25, 0.3) is 0 Å². The summed E-state index contributed by atoms with van der Waals surface area (Å²) in [5.74, 6) is 1.84. The maximum absolute atomic E-state index is 5.16. The van der Waals surface area contributed by atoms with Gasteiger partial charge in [0.25, 0.3) is 0 Å². The Morgan fingerprint density at radius 1 is 1.29 bits per heavy atom. The molecule has 0 saturated heterocycles. The van der Waals surface area contributed by atoms with Gasteiger partial charge in [-0.05, 0) is 19.9 Å². The normalized spacial score (nSPS) is 12.4. The van der Waals surface area contributed by atoms with E-state index in [1.165, 1.54) is 0 Å². The van der Waals surface area contributed by atoms with Gasteiger partial charge < -0.3 is 9.84 Å². The Morgan fingerprint density at radius 2 is 2.00 bits per heavy atom. The van der Waals surface area contributed by atoms with E-state index in [1.807, 2.05) is 13.8 Å². The Kier molecular flexibility index (Phi) is 3.37. The highest BCUT2D eigenvalue weighted by atomic mass is 16.5. The minimum atomic E-state index is 0.310. The van der Waals surface area contributed by atoms with E-state index in [9.17, 15) is 0 Å². The lowest BCUT2D eigenvalue weighted by molar-refractivity contribution is 0.391. The lowest BCUT2D eigenvalue weighted by atomic mass is 10.00. The van der Waals surface area contributed by atoms with Crippen molar-refractivity contribution in [3.05, 3.63) is 35.5 Å². The van der Waals surface area contributed by atoms with Gasteiger partial charge >= 0.3 is 0 Å². The van der Waals surface area contributed by atoms with Gasteiger partial charge in [-0.1, -0.05) is 12.1 Å². The second-order valence-electron chi connectivity index (χ2n) is 4.09. The van der Waals surface area contributed by atoms with E-state index in [1.54, 1.807) is 18.5 Å². The van der Waals surface area contributed by atoms with Crippen molar-refractivity contribution in [3.63, 3.8) is 0 Å². The Bertz CT molecular complexity index is 461. The van der Waals surface area contributed by atoms with Gasteiger partial charge in [0.15, 0.2) is 0 Å². The number of hydrogen-bond acceptors (Lipinski definition) is 5. The maximum atomic E-state index is 5.16. The van der Waals surface area contributed by atoms with Crippen LogP contribution in [0.1, 0.15) is 29.9 Å². The molecule has 1 atom stereocenters. The predicted octanol–water partition coefficient (Wildman–Crippen LogP) is 2.30. The second kappa shape index (κ2) is 4.95. The molecule has 5 heteroatoms. The summed E-state index contributed by atoms with van der Waals surface area (Å²) in [6.07, 6.45) is 3.44. The molecule has 1 N–H and O–H groups in total. The monoisotopic (exact) mass is 232 g/mol. The molecule has 2 heterocycles. The van der Waals surface area contributed by atoms with Crippen molar-refractivity contribution in [2.24, 2.45) is 0 Å². The van der Waals surface area contributed by atoms with Crippen LogP contribution >= 0.6 is 0 Å². The molecule has 0 aromatic carbocycles. The SMILES string of the molecule is Cc1noc(C)c1[C@H](C)CNc1ncccn1. The highest BCUT2D eigenvalue weighted by Crippen LogP contribution is 2.22. The molecule has 0 amide bonds. The second-order valence-corrected chi connectivity index (χ2v) is 4.09. The third-order valence-corrected chi connectivity index (χ3v) is 2.71. The third kappa shape index (κ3) is 2.61. The summed E-state index contributed by atoms with van der Waals surface area (Å²) in [6, 6.07) is 1.79. The average Bonchev–Trinajstić information content (AvgIpc) is 2.67. The fourth-order valence-corrected chi connectivity index (χ4v) is 1.93. The van der Waals surface area contributed by atoms with Crippen molar-refractivity contribution in [3.8, 4) is 0 Å².